The Morgan fingerprint density at radius 2 is 1.94 bits per heavy atom. The molecule has 1 unspecified atom stereocenters. The summed E-state index contributed by atoms with van der Waals surface area (Å²) in [6, 6.07) is 0. The highest BCUT2D eigenvalue weighted by Gasteiger charge is 2.39. The number of carboxylic acids is 1. The summed E-state index contributed by atoms with van der Waals surface area (Å²) >= 11 is 0. The maximum Gasteiger partial charge on any atom is 0.305 e. The molecule has 0 aromatic rings. The second kappa shape index (κ2) is 5.69. The van der Waals surface area contributed by atoms with Gasteiger partial charge < -0.3 is 15.2 Å². The molecule has 102 valence electrons. The first kappa shape index (κ1) is 13.3. The van der Waals surface area contributed by atoms with Crippen molar-refractivity contribution in [2.75, 3.05) is 6.61 Å². The monoisotopic (exact) mass is 255 g/mol. The van der Waals surface area contributed by atoms with Crippen LogP contribution in [0.5, 0.6) is 0 Å². The van der Waals surface area contributed by atoms with Crippen molar-refractivity contribution >= 4 is 11.9 Å². The number of carbonyl (C=O) groups excluding carboxylic acids is 1. The van der Waals surface area contributed by atoms with Gasteiger partial charge in [-0.25, -0.2) is 0 Å². The molecule has 2 N–H and O–H groups in total. The molecular formula is C13H21NO4. The summed E-state index contributed by atoms with van der Waals surface area (Å²) < 4.78 is 5.44. The van der Waals surface area contributed by atoms with Crippen molar-refractivity contribution in [1.82, 2.24) is 5.32 Å². The van der Waals surface area contributed by atoms with Crippen molar-refractivity contribution in [2.45, 2.75) is 63.0 Å². The maximum atomic E-state index is 12.1. The highest BCUT2D eigenvalue weighted by atomic mass is 16.5. The van der Waals surface area contributed by atoms with Gasteiger partial charge in [-0.2, -0.15) is 0 Å². The lowest BCUT2D eigenvalue weighted by molar-refractivity contribution is -0.141. The molecule has 2 aliphatic rings. The van der Waals surface area contributed by atoms with E-state index in [0.29, 0.717) is 6.61 Å². The summed E-state index contributed by atoms with van der Waals surface area (Å²) in [5.41, 5.74) is -0.538. The predicted octanol–water partition coefficient (Wildman–Crippen LogP) is 1.46. The van der Waals surface area contributed by atoms with Gasteiger partial charge in [-0.1, -0.05) is 12.8 Å². The van der Waals surface area contributed by atoms with Gasteiger partial charge in [0, 0.05) is 6.61 Å². The molecule has 1 atom stereocenters. The highest BCUT2D eigenvalue weighted by Crippen LogP contribution is 2.33. The maximum absolute atomic E-state index is 12.1. The first-order valence-electron chi connectivity index (χ1n) is 6.77. The average molecular weight is 255 g/mol. The standard InChI is InChI=1S/C13H21NO4/c15-11(16)9-13(6-2-3-7-13)14-12(17)10-5-1-4-8-18-10/h10H,1-9H2,(H,14,17)(H,15,16). The van der Waals surface area contributed by atoms with Crippen LogP contribution in [0, 0.1) is 0 Å². The molecule has 0 aromatic carbocycles. The molecule has 1 aliphatic heterocycles. The van der Waals surface area contributed by atoms with Crippen LogP contribution in [0.4, 0.5) is 0 Å². The van der Waals surface area contributed by atoms with Gasteiger partial charge in [0.15, 0.2) is 0 Å². The second-order valence-corrected chi connectivity index (χ2v) is 5.40. The summed E-state index contributed by atoms with van der Waals surface area (Å²) in [6.45, 7) is 0.629. The molecule has 1 saturated heterocycles. The fourth-order valence-corrected chi connectivity index (χ4v) is 2.98. The minimum Gasteiger partial charge on any atom is -0.481 e. The van der Waals surface area contributed by atoms with Crippen molar-refractivity contribution in [3.05, 3.63) is 0 Å². The number of nitrogens with one attached hydrogen (secondary N) is 1. The Labute approximate surface area is 107 Å². The van der Waals surface area contributed by atoms with Crippen LogP contribution in [-0.2, 0) is 14.3 Å². The molecular weight excluding hydrogens is 234 g/mol. The van der Waals surface area contributed by atoms with E-state index in [4.69, 9.17) is 9.84 Å². The van der Waals surface area contributed by atoms with E-state index in [2.05, 4.69) is 5.32 Å². The van der Waals surface area contributed by atoms with Gasteiger partial charge in [0.2, 0.25) is 5.91 Å². The number of amides is 1. The minimum absolute atomic E-state index is 0.0193. The average Bonchev–Trinajstić information content (AvgIpc) is 2.77. The molecule has 2 rings (SSSR count). The zero-order chi connectivity index (χ0) is 13.0. The molecule has 2 fully saturated rings. The third-order valence-electron chi connectivity index (χ3n) is 3.91. The van der Waals surface area contributed by atoms with Crippen LogP contribution in [0.2, 0.25) is 0 Å². The van der Waals surface area contributed by atoms with E-state index in [1.54, 1.807) is 0 Å². The van der Waals surface area contributed by atoms with Crippen molar-refractivity contribution < 1.29 is 19.4 Å². The van der Waals surface area contributed by atoms with E-state index in [1.807, 2.05) is 0 Å². The van der Waals surface area contributed by atoms with Crippen LogP contribution in [0.25, 0.3) is 0 Å². The number of ether oxygens (including phenoxy) is 1. The lowest BCUT2D eigenvalue weighted by atomic mass is 9.92. The Balaban J connectivity index is 1.95. The van der Waals surface area contributed by atoms with E-state index in [9.17, 15) is 9.59 Å². The number of carbonyl (C=O) groups is 2. The largest absolute Gasteiger partial charge is 0.481 e. The highest BCUT2D eigenvalue weighted by molar-refractivity contribution is 5.82. The fourth-order valence-electron chi connectivity index (χ4n) is 2.98. The molecule has 1 saturated carbocycles. The van der Waals surface area contributed by atoms with Crippen molar-refractivity contribution in [3.63, 3.8) is 0 Å². The summed E-state index contributed by atoms with van der Waals surface area (Å²) in [5.74, 6) is -0.973. The van der Waals surface area contributed by atoms with Gasteiger partial charge in [-0.3, -0.25) is 9.59 Å². The van der Waals surface area contributed by atoms with Gasteiger partial charge in [0.1, 0.15) is 6.10 Å². The number of aliphatic carboxylic acids is 1. The van der Waals surface area contributed by atoms with E-state index in [1.165, 1.54) is 0 Å². The van der Waals surface area contributed by atoms with Crippen LogP contribution in [0.15, 0.2) is 0 Å². The summed E-state index contributed by atoms with van der Waals surface area (Å²) in [4.78, 5) is 23.0. The fraction of sp³-hybridized carbons (Fsp3) is 0.846. The lowest BCUT2D eigenvalue weighted by Gasteiger charge is -2.31. The lowest BCUT2D eigenvalue weighted by Crippen LogP contribution is -2.52. The molecule has 18 heavy (non-hydrogen) atoms. The first-order valence-corrected chi connectivity index (χ1v) is 6.77. The molecule has 1 amide bonds. The first-order chi connectivity index (χ1) is 8.61. The number of hydrogen-bond acceptors (Lipinski definition) is 3. The molecule has 0 spiro atoms. The molecule has 1 heterocycles. The summed E-state index contributed by atoms with van der Waals surface area (Å²) in [6.07, 6.45) is 5.88. The van der Waals surface area contributed by atoms with Crippen LogP contribution in [0.3, 0.4) is 0 Å². The third kappa shape index (κ3) is 3.22. The van der Waals surface area contributed by atoms with Gasteiger partial charge >= 0.3 is 5.97 Å². The Hall–Kier alpha value is -1.10. The number of hydrogen-bond donors (Lipinski definition) is 2. The van der Waals surface area contributed by atoms with Gasteiger partial charge in [0.05, 0.1) is 12.0 Å². The van der Waals surface area contributed by atoms with Crippen LogP contribution < -0.4 is 5.32 Å². The minimum atomic E-state index is -0.846. The van der Waals surface area contributed by atoms with Crippen LogP contribution >= 0.6 is 0 Å². The third-order valence-corrected chi connectivity index (χ3v) is 3.91. The smallest absolute Gasteiger partial charge is 0.305 e. The Bertz CT molecular complexity index is 317. The Kier molecular flexibility index (Phi) is 4.22. The van der Waals surface area contributed by atoms with Crippen molar-refractivity contribution in [1.29, 1.82) is 0 Å². The molecule has 0 radical (unpaired) electrons. The SMILES string of the molecule is O=C(O)CC1(NC(=O)C2CCCCO2)CCCC1. The second-order valence-electron chi connectivity index (χ2n) is 5.40. The van der Waals surface area contributed by atoms with Crippen LogP contribution in [0.1, 0.15) is 51.4 Å². The zero-order valence-corrected chi connectivity index (χ0v) is 10.6. The normalized spacial score (nSPS) is 26.8. The Morgan fingerprint density at radius 1 is 1.22 bits per heavy atom. The Morgan fingerprint density at radius 3 is 2.50 bits per heavy atom. The summed E-state index contributed by atoms with van der Waals surface area (Å²) in [5, 5.41) is 11.9. The number of carboxylic acid groups (broad SMARTS) is 1. The van der Waals surface area contributed by atoms with Crippen molar-refractivity contribution in [2.24, 2.45) is 0 Å². The molecule has 5 nitrogen and oxygen atoms in total. The van der Waals surface area contributed by atoms with E-state index < -0.39 is 11.5 Å². The van der Waals surface area contributed by atoms with E-state index in [-0.39, 0.29) is 18.4 Å². The molecule has 0 bridgehead atoms. The topological polar surface area (TPSA) is 75.6 Å². The zero-order valence-electron chi connectivity index (χ0n) is 10.6. The molecule has 5 heteroatoms. The van der Waals surface area contributed by atoms with E-state index in [0.717, 1.165) is 44.9 Å². The summed E-state index contributed by atoms with van der Waals surface area (Å²) in [7, 11) is 0. The van der Waals surface area contributed by atoms with Crippen LogP contribution in [-0.4, -0.2) is 35.2 Å². The van der Waals surface area contributed by atoms with Gasteiger partial charge in [0.25, 0.3) is 0 Å². The van der Waals surface area contributed by atoms with E-state index >= 15 is 0 Å². The number of rotatable bonds is 4. The quantitative estimate of drug-likeness (QED) is 0.797. The van der Waals surface area contributed by atoms with Gasteiger partial charge in [-0.15, -0.1) is 0 Å². The van der Waals surface area contributed by atoms with Gasteiger partial charge in [-0.05, 0) is 32.1 Å². The molecule has 1 aliphatic carbocycles. The molecule has 0 aromatic heterocycles. The van der Waals surface area contributed by atoms with Crippen molar-refractivity contribution in [3.8, 4) is 0 Å². The predicted molar refractivity (Wildman–Crippen MR) is 65.2 cm³/mol.